The number of rotatable bonds is 4. The van der Waals surface area contributed by atoms with Crippen LogP contribution in [0.4, 0.5) is 0 Å². The predicted octanol–water partition coefficient (Wildman–Crippen LogP) is 2.63. The van der Waals surface area contributed by atoms with Gasteiger partial charge in [-0.05, 0) is 19.9 Å². The highest BCUT2D eigenvalue weighted by Crippen LogP contribution is 2.28. The molecule has 5 heteroatoms. The molecule has 21 heavy (non-hydrogen) atoms. The molecule has 0 radical (unpaired) electrons. The molecule has 110 valence electrons. The zero-order valence-corrected chi connectivity index (χ0v) is 12.7. The molecule has 0 aliphatic rings. The molecule has 1 aromatic carbocycles. The second kappa shape index (κ2) is 6.35. The largest absolute Gasteiger partial charge is 0.496 e. The van der Waals surface area contributed by atoms with Gasteiger partial charge < -0.3 is 9.64 Å². The highest BCUT2D eigenvalue weighted by Gasteiger charge is 2.22. The number of ether oxygens (including phenoxy) is 1. The van der Waals surface area contributed by atoms with E-state index >= 15 is 0 Å². The minimum Gasteiger partial charge on any atom is -0.496 e. The first-order valence-electron chi connectivity index (χ1n) is 6.73. The molecule has 0 spiro atoms. The summed E-state index contributed by atoms with van der Waals surface area (Å²) in [5, 5.41) is 0. The Morgan fingerprint density at radius 3 is 2.57 bits per heavy atom. The number of aryl methyl sites for hydroxylation is 1. The second-order valence-electron chi connectivity index (χ2n) is 4.88. The van der Waals surface area contributed by atoms with E-state index in [0.29, 0.717) is 5.69 Å². The third-order valence-corrected chi connectivity index (χ3v) is 3.49. The van der Waals surface area contributed by atoms with Crippen molar-refractivity contribution in [3.05, 3.63) is 53.6 Å². The molecule has 2 rings (SSSR count). The van der Waals surface area contributed by atoms with Gasteiger partial charge in [-0.2, -0.15) is 0 Å². The molecule has 1 atom stereocenters. The van der Waals surface area contributed by atoms with Crippen molar-refractivity contribution in [2.45, 2.75) is 19.9 Å². The molecule has 0 saturated heterocycles. The standard InChI is InChI=1S/C16H19N3O2/c1-11-9-18-14(10-17-11)16(20)19(3)12(2)13-7-5-6-8-15(13)21-4/h5-10,12H,1-4H3. The van der Waals surface area contributed by atoms with Crippen LogP contribution < -0.4 is 4.74 Å². The van der Waals surface area contributed by atoms with Gasteiger partial charge in [-0.1, -0.05) is 18.2 Å². The van der Waals surface area contributed by atoms with Gasteiger partial charge in [-0.3, -0.25) is 9.78 Å². The summed E-state index contributed by atoms with van der Waals surface area (Å²) >= 11 is 0. The molecule has 5 nitrogen and oxygen atoms in total. The van der Waals surface area contributed by atoms with Crippen molar-refractivity contribution in [1.29, 1.82) is 0 Å². The van der Waals surface area contributed by atoms with E-state index in [2.05, 4.69) is 9.97 Å². The molecule has 0 aliphatic heterocycles. The Hall–Kier alpha value is -2.43. The normalized spacial score (nSPS) is 11.8. The van der Waals surface area contributed by atoms with E-state index < -0.39 is 0 Å². The summed E-state index contributed by atoms with van der Waals surface area (Å²) in [6, 6.07) is 7.54. The number of nitrogens with zero attached hydrogens (tertiary/aromatic N) is 3. The van der Waals surface area contributed by atoms with Gasteiger partial charge in [0.25, 0.3) is 5.91 Å². The lowest BCUT2D eigenvalue weighted by molar-refractivity contribution is 0.0734. The molecule has 0 bridgehead atoms. The van der Waals surface area contributed by atoms with Gasteiger partial charge in [-0.15, -0.1) is 0 Å². The average molecular weight is 285 g/mol. The van der Waals surface area contributed by atoms with Crippen molar-refractivity contribution in [3.63, 3.8) is 0 Å². The van der Waals surface area contributed by atoms with Crippen LogP contribution >= 0.6 is 0 Å². The van der Waals surface area contributed by atoms with Gasteiger partial charge >= 0.3 is 0 Å². The van der Waals surface area contributed by atoms with Gasteiger partial charge in [-0.25, -0.2) is 4.98 Å². The zero-order chi connectivity index (χ0) is 15.4. The Kier molecular flexibility index (Phi) is 4.52. The molecule has 1 unspecified atom stereocenters. The summed E-state index contributed by atoms with van der Waals surface area (Å²) in [5.74, 6) is 0.598. The number of amides is 1. The Morgan fingerprint density at radius 1 is 1.24 bits per heavy atom. The van der Waals surface area contributed by atoms with E-state index in [4.69, 9.17) is 4.74 Å². The van der Waals surface area contributed by atoms with E-state index in [0.717, 1.165) is 17.0 Å². The summed E-state index contributed by atoms with van der Waals surface area (Å²) in [6.07, 6.45) is 3.10. The molecule has 0 aliphatic carbocycles. The Balaban J connectivity index is 2.24. The number of methoxy groups -OCH3 is 1. The summed E-state index contributed by atoms with van der Waals surface area (Å²) < 4.78 is 5.35. The molecule has 2 aromatic rings. The van der Waals surface area contributed by atoms with Crippen LogP contribution in [-0.4, -0.2) is 34.9 Å². The first kappa shape index (κ1) is 15.0. The average Bonchev–Trinajstić information content (AvgIpc) is 2.53. The fraction of sp³-hybridized carbons (Fsp3) is 0.312. The van der Waals surface area contributed by atoms with Crippen LogP contribution in [0.5, 0.6) is 5.75 Å². The minimum absolute atomic E-state index is 0.128. The summed E-state index contributed by atoms with van der Waals surface area (Å²) in [4.78, 5) is 22.3. The van der Waals surface area contributed by atoms with Crippen molar-refractivity contribution in [2.24, 2.45) is 0 Å². The fourth-order valence-corrected chi connectivity index (χ4v) is 2.08. The fourth-order valence-electron chi connectivity index (χ4n) is 2.08. The first-order valence-corrected chi connectivity index (χ1v) is 6.73. The van der Waals surface area contributed by atoms with Crippen molar-refractivity contribution < 1.29 is 9.53 Å². The SMILES string of the molecule is COc1ccccc1C(C)N(C)C(=O)c1cnc(C)cn1. The Labute approximate surface area is 124 Å². The number of aromatic nitrogens is 2. The van der Waals surface area contributed by atoms with Crippen LogP contribution in [0.15, 0.2) is 36.7 Å². The van der Waals surface area contributed by atoms with Crippen LogP contribution in [0.2, 0.25) is 0 Å². The molecular weight excluding hydrogens is 266 g/mol. The van der Waals surface area contributed by atoms with Crippen molar-refractivity contribution >= 4 is 5.91 Å². The lowest BCUT2D eigenvalue weighted by Gasteiger charge is -2.26. The second-order valence-corrected chi connectivity index (χ2v) is 4.88. The van der Waals surface area contributed by atoms with Gasteiger partial charge in [0.2, 0.25) is 0 Å². The maximum atomic E-state index is 12.5. The van der Waals surface area contributed by atoms with Crippen LogP contribution in [0.25, 0.3) is 0 Å². The quantitative estimate of drug-likeness (QED) is 0.866. The number of carbonyl (C=O) groups excluding carboxylic acids is 1. The molecule has 0 N–H and O–H groups in total. The third-order valence-electron chi connectivity index (χ3n) is 3.49. The number of benzene rings is 1. The summed E-state index contributed by atoms with van der Waals surface area (Å²) in [5.41, 5.74) is 2.08. The number of para-hydroxylation sites is 1. The van der Waals surface area contributed by atoms with E-state index in [1.54, 1.807) is 25.3 Å². The van der Waals surface area contributed by atoms with E-state index in [1.807, 2.05) is 38.1 Å². The lowest BCUT2D eigenvalue weighted by atomic mass is 10.1. The predicted molar refractivity (Wildman–Crippen MR) is 80.3 cm³/mol. The molecule has 1 heterocycles. The van der Waals surface area contributed by atoms with Gasteiger partial charge in [0.05, 0.1) is 25.0 Å². The maximum absolute atomic E-state index is 12.5. The monoisotopic (exact) mass is 285 g/mol. The minimum atomic E-state index is -0.166. The zero-order valence-electron chi connectivity index (χ0n) is 12.7. The molecule has 0 saturated carbocycles. The summed E-state index contributed by atoms with van der Waals surface area (Å²) in [6.45, 7) is 3.79. The number of carbonyl (C=O) groups is 1. The first-order chi connectivity index (χ1) is 10.0. The van der Waals surface area contributed by atoms with Crippen molar-refractivity contribution in [1.82, 2.24) is 14.9 Å². The van der Waals surface area contributed by atoms with Gasteiger partial charge in [0, 0.05) is 18.8 Å². The molecule has 1 aromatic heterocycles. The van der Waals surface area contributed by atoms with Crippen molar-refractivity contribution in [2.75, 3.05) is 14.2 Å². The third kappa shape index (κ3) is 3.18. The highest BCUT2D eigenvalue weighted by molar-refractivity contribution is 5.92. The highest BCUT2D eigenvalue weighted by atomic mass is 16.5. The van der Waals surface area contributed by atoms with Crippen LogP contribution in [0, 0.1) is 6.92 Å². The van der Waals surface area contributed by atoms with Crippen molar-refractivity contribution in [3.8, 4) is 5.75 Å². The van der Waals surface area contributed by atoms with E-state index in [9.17, 15) is 4.79 Å². The molecule has 1 amide bonds. The van der Waals surface area contributed by atoms with Crippen LogP contribution in [0.3, 0.4) is 0 Å². The van der Waals surface area contributed by atoms with Crippen LogP contribution in [-0.2, 0) is 0 Å². The van der Waals surface area contributed by atoms with E-state index in [1.165, 1.54) is 6.20 Å². The smallest absolute Gasteiger partial charge is 0.274 e. The molecular formula is C16H19N3O2. The van der Waals surface area contributed by atoms with Gasteiger partial charge in [0.15, 0.2) is 0 Å². The summed E-state index contributed by atoms with van der Waals surface area (Å²) in [7, 11) is 3.37. The lowest BCUT2D eigenvalue weighted by Crippen LogP contribution is -2.30. The number of hydrogen-bond donors (Lipinski definition) is 0. The maximum Gasteiger partial charge on any atom is 0.274 e. The number of hydrogen-bond acceptors (Lipinski definition) is 4. The Morgan fingerprint density at radius 2 is 1.95 bits per heavy atom. The van der Waals surface area contributed by atoms with Crippen LogP contribution in [0.1, 0.15) is 34.7 Å². The topological polar surface area (TPSA) is 55.3 Å². The van der Waals surface area contributed by atoms with Gasteiger partial charge in [0.1, 0.15) is 11.4 Å². The Bertz CT molecular complexity index is 626. The van der Waals surface area contributed by atoms with E-state index in [-0.39, 0.29) is 11.9 Å². The molecule has 0 fully saturated rings.